The molecule has 4 heteroatoms. The second-order valence-corrected chi connectivity index (χ2v) is 5.42. The Morgan fingerprint density at radius 2 is 2.00 bits per heavy atom. The van der Waals surface area contributed by atoms with Gasteiger partial charge in [0.15, 0.2) is 0 Å². The highest BCUT2D eigenvalue weighted by Gasteiger charge is 2.26. The summed E-state index contributed by atoms with van der Waals surface area (Å²) in [6, 6.07) is 13.2. The maximum absolute atomic E-state index is 12.7. The summed E-state index contributed by atoms with van der Waals surface area (Å²) in [6.45, 7) is 2.00. The van der Waals surface area contributed by atoms with Crippen molar-refractivity contribution in [2.45, 2.75) is 19.6 Å². The number of aliphatic hydroxyl groups is 1. The predicted octanol–water partition coefficient (Wildman–Crippen LogP) is 2.42. The summed E-state index contributed by atoms with van der Waals surface area (Å²) in [5.74, 6) is 0.561. The third-order valence-electron chi connectivity index (χ3n) is 4.09. The van der Waals surface area contributed by atoms with E-state index in [1.165, 1.54) is 4.57 Å². The van der Waals surface area contributed by atoms with E-state index in [9.17, 15) is 9.90 Å². The fourth-order valence-electron chi connectivity index (χ4n) is 3.11. The van der Waals surface area contributed by atoms with Gasteiger partial charge in [0, 0.05) is 12.0 Å². The van der Waals surface area contributed by atoms with E-state index in [4.69, 9.17) is 0 Å². The largest absolute Gasteiger partial charge is 0.373 e. The van der Waals surface area contributed by atoms with Gasteiger partial charge in [-0.2, -0.15) is 0 Å². The van der Waals surface area contributed by atoms with Crippen LogP contribution in [0.25, 0.3) is 22.3 Å². The normalized spacial score (nSPS) is 16.6. The molecule has 0 saturated carbocycles. The van der Waals surface area contributed by atoms with Gasteiger partial charge in [0.05, 0.1) is 10.9 Å². The molecule has 0 radical (unpaired) electrons. The summed E-state index contributed by atoms with van der Waals surface area (Å²) in [5, 5.41) is 10.9. The van der Waals surface area contributed by atoms with Crippen molar-refractivity contribution in [1.82, 2.24) is 9.55 Å². The van der Waals surface area contributed by atoms with Gasteiger partial charge >= 0.3 is 0 Å². The molecule has 1 unspecified atom stereocenters. The molecule has 0 aliphatic carbocycles. The molecule has 21 heavy (non-hydrogen) atoms. The van der Waals surface area contributed by atoms with Gasteiger partial charge < -0.3 is 5.11 Å². The Hall–Kier alpha value is -2.46. The number of benzene rings is 2. The topological polar surface area (TPSA) is 55.1 Å². The van der Waals surface area contributed by atoms with Crippen LogP contribution < -0.4 is 5.56 Å². The van der Waals surface area contributed by atoms with Crippen LogP contribution in [0, 0.1) is 6.92 Å². The summed E-state index contributed by atoms with van der Waals surface area (Å²) in [5.41, 5.74) is 3.54. The first-order chi connectivity index (χ1) is 10.2. The number of hydrogen-bond acceptors (Lipinski definition) is 3. The van der Waals surface area contributed by atoms with Crippen molar-refractivity contribution in [1.29, 1.82) is 0 Å². The zero-order valence-electron chi connectivity index (χ0n) is 11.6. The van der Waals surface area contributed by atoms with E-state index in [1.807, 2.05) is 43.3 Å². The number of aryl methyl sites for hydroxylation is 1. The average molecular weight is 278 g/mol. The molecule has 1 aliphatic rings. The van der Waals surface area contributed by atoms with Gasteiger partial charge in [-0.3, -0.25) is 9.36 Å². The number of hydrogen-bond donors (Lipinski definition) is 1. The Kier molecular flexibility index (Phi) is 2.50. The molecule has 3 aromatic rings. The molecule has 1 atom stereocenters. The zero-order valence-corrected chi connectivity index (χ0v) is 11.6. The molecule has 0 spiro atoms. The van der Waals surface area contributed by atoms with E-state index in [1.54, 1.807) is 6.07 Å². The third-order valence-corrected chi connectivity index (χ3v) is 4.09. The standard InChI is InChI=1S/C17H14N2O2/c1-10-5-4-6-11-9-14(20)19-16(15(10)11)18-13-8-3-2-7-12(13)17(19)21/h2-8,14,20H,9H2,1H3. The van der Waals surface area contributed by atoms with Gasteiger partial charge in [0.2, 0.25) is 0 Å². The monoisotopic (exact) mass is 278 g/mol. The maximum atomic E-state index is 12.7. The van der Waals surface area contributed by atoms with E-state index < -0.39 is 6.23 Å². The maximum Gasteiger partial charge on any atom is 0.263 e. The lowest BCUT2D eigenvalue weighted by atomic mass is 9.95. The Morgan fingerprint density at radius 1 is 1.19 bits per heavy atom. The Morgan fingerprint density at radius 3 is 2.86 bits per heavy atom. The molecule has 0 bridgehead atoms. The first-order valence-corrected chi connectivity index (χ1v) is 6.95. The zero-order chi connectivity index (χ0) is 14.6. The van der Waals surface area contributed by atoms with Crippen LogP contribution in [-0.4, -0.2) is 14.7 Å². The molecular weight excluding hydrogens is 264 g/mol. The van der Waals surface area contributed by atoms with Gasteiger partial charge in [-0.05, 0) is 30.2 Å². The lowest BCUT2D eigenvalue weighted by Gasteiger charge is -2.27. The van der Waals surface area contributed by atoms with Crippen LogP contribution in [0.4, 0.5) is 0 Å². The number of rotatable bonds is 0. The van der Waals surface area contributed by atoms with E-state index in [-0.39, 0.29) is 5.56 Å². The van der Waals surface area contributed by atoms with Crippen LogP contribution in [-0.2, 0) is 6.42 Å². The molecule has 104 valence electrons. The van der Waals surface area contributed by atoms with Crippen molar-refractivity contribution in [3.8, 4) is 11.4 Å². The molecule has 1 aliphatic heterocycles. The SMILES string of the molecule is Cc1cccc2c1-c1nc3ccccc3c(=O)n1C(O)C2. The summed E-state index contributed by atoms with van der Waals surface area (Å²) in [4.78, 5) is 17.3. The molecule has 2 heterocycles. The fraction of sp³-hybridized carbons (Fsp3) is 0.176. The van der Waals surface area contributed by atoms with E-state index in [2.05, 4.69) is 4.98 Å². The Balaban J connectivity index is 2.19. The fourth-order valence-corrected chi connectivity index (χ4v) is 3.11. The highest BCUT2D eigenvalue weighted by molar-refractivity contribution is 5.81. The van der Waals surface area contributed by atoms with E-state index in [0.29, 0.717) is 23.1 Å². The van der Waals surface area contributed by atoms with Crippen LogP contribution >= 0.6 is 0 Å². The van der Waals surface area contributed by atoms with Crippen molar-refractivity contribution < 1.29 is 5.11 Å². The highest BCUT2D eigenvalue weighted by Crippen LogP contribution is 2.34. The van der Waals surface area contributed by atoms with E-state index >= 15 is 0 Å². The van der Waals surface area contributed by atoms with Gasteiger partial charge in [-0.15, -0.1) is 0 Å². The minimum absolute atomic E-state index is 0.183. The summed E-state index contributed by atoms with van der Waals surface area (Å²) >= 11 is 0. The second-order valence-electron chi connectivity index (χ2n) is 5.42. The quantitative estimate of drug-likeness (QED) is 0.687. The summed E-state index contributed by atoms with van der Waals surface area (Å²) in [7, 11) is 0. The minimum Gasteiger partial charge on any atom is -0.373 e. The van der Waals surface area contributed by atoms with Crippen LogP contribution in [0.5, 0.6) is 0 Å². The van der Waals surface area contributed by atoms with Gasteiger partial charge in [0.1, 0.15) is 12.1 Å². The summed E-state index contributed by atoms with van der Waals surface area (Å²) in [6.07, 6.45) is -0.428. The van der Waals surface area contributed by atoms with Crippen molar-refractivity contribution in [3.63, 3.8) is 0 Å². The molecular formula is C17H14N2O2. The van der Waals surface area contributed by atoms with Gasteiger partial charge in [-0.1, -0.05) is 30.3 Å². The van der Waals surface area contributed by atoms with Crippen LogP contribution in [0.1, 0.15) is 17.4 Å². The highest BCUT2D eigenvalue weighted by atomic mass is 16.3. The molecule has 0 fully saturated rings. The average Bonchev–Trinajstić information content (AvgIpc) is 2.47. The van der Waals surface area contributed by atoms with Crippen molar-refractivity contribution in [3.05, 3.63) is 63.9 Å². The van der Waals surface area contributed by atoms with Gasteiger partial charge in [-0.25, -0.2) is 4.98 Å². The molecule has 4 rings (SSSR count). The Bertz CT molecular complexity index is 928. The number of fused-ring (bicyclic) bond motifs is 4. The first-order valence-electron chi connectivity index (χ1n) is 6.95. The predicted molar refractivity (Wildman–Crippen MR) is 81.1 cm³/mol. The molecule has 0 amide bonds. The molecule has 1 aromatic heterocycles. The number of para-hydroxylation sites is 1. The molecule has 4 nitrogen and oxygen atoms in total. The second kappa shape index (κ2) is 4.27. The Labute approximate surface area is 121 Å². The summed E-state index contributed by atoms with van der Waals surface area (Å²) < 4.78 is 1.41. The minimum atomic E-state index is -0.862. The van der Waals surface area contributed by atoms with Crippen LogP contribution in [0.3, 0.4) is 0 Å². The van der Waals surface area contributed by atoms with Crippen molar-refractivity contribution >= 4 is 10.9 Å². The van der Waals surface area contributed by atoms with Crippen molar-refractivity contribution in [2.24, 2.45) is 0 Å². The molecule has 0 saturated heterocycles. The van der Waals surface area contributed by atoms with Gasteiger partial charge in [0.25, 0.3) is 5.56 Å². The van der Waals surface area contributed by atoms with Crippen molar-refractivity contribution in [2.75, 3.05) is 0 Å². The van der Waals surface area contributed by atoms with E-state index in [0.717, 1.165) is 16.7 Å². The number of nitrogens with zero attached hydrogens (tertiary/aromatic N) is 2. The smallest absolute Gasteiger partial charge is 0.263 e. The van der Waals surface area contributed by atoms with Crippen LogP contribution in [0.2, 0.25) is 0 Å². The third kappa shape index (κ3) is 1.66. The molecule has 2 aromatic carbocycles. The number of aliphatic hydroxyl groups excluding tert-OH is 1. The lowest BCUT2D eigenvalue weighted by Crippen LogP contribution is -2.32. The number of aromatic nitrogens is 2. The van der Waals surface area contributed by atoms with Crippen LogP contribution in [0.15, 0.2) is 47.3 Å². The lowest BCUT2D eigenvalue weighted by molar-refractivity contribution is 0.0988. The molecule has 1 N–H and O–H groups in total. The first kappa shape index (κ1) is 12.3.